The summed E-state index contributed by atoms with van der Waals surface area (Å²) in [7, 11) is -2.90. The second-order valence-corrected chi connectivity index (χ2v) is 36.9. The van der Waals surface area contributed by atoms with E-state index in [2.05, 4.69) is 404 Å². The molecule has 4 N–H and O–H groups in total. The first-order chi connectivity index (χ1) is 69.5. The van der Waals surface area contributed by atoms with Gasteiger partial charge in [-0.05, 0) is 229 Å². The van der Waals surface area contributed by atoms with Gasteiger partial charge in [0.25, 0.3) is 0 Å². The van der Waals surface area contributed by atoms with Gasteiger partial charge in [0.15, 0.2) is 0 Å². The van der Waals surface area contributed by atoms with Gasteiger partial charge >= 0.3 is 14.2 Å². The van der Waals surface area contributed by atoms with Gasteiger partial charge in [-0.15, -0.1) is 0 Å². The third-order valence-electron chi connectivity index (χ3n) is 28.0. The van der Waals surface area contributed by atoms with Gasteiger partial charge in [-0.2, -0.15) is 0 Å². The quantitative estimate of drug-likeness (QED) is 0.0852. The second kappa shape index (κ2) is 35.8. The fraction of sp³-hybridized carbons (Fsp3) is 0.00787. The lowest BCUT2D eigenvalue weighted by Gasteiger charge is -2.14. The molecular weight excluding hydrogens is 1770 g/mol. The molecule has 0 saturated heterocycles. The predicted molar refractivity (Wildman–Crippen MR) is 594 cm³/mol. The SMILES string of the molecule is Clc1ccc2c3c(ccc4c5ccccc5n(-c5ccccc5)c43)n(-c3ccc(-c4ccccc4)cc3)c2c1.Clc1ccc2c3ccc4c(c5ccccc5n4-c4ccccc4)c3n(-c3ccc4c5ccccc5c5ccccc5c4c3)c2c1.OB(O)c1ccc(-n2c3ccccc3c3ccccc32)cc1.OB(O)c1cccc(-n2c3ccccc3c3ccccc32)c1.c1ccc2c(c1)Cc1ccccc1-2. The molecule has 1 aliphatic rings. The van der Waals surface area contributed by atoms with Crippen LogP contribution in [0.1, 0.15) is 11.1 Å². The van der Waals surface area contributed by atoms with Gasteiger partial charge in [0.2, 0.25) is 0 Å². The molecule has 0 bridgehead atoms. The summed E-state index contributed by atoms with van der Waals surface area (Å²) < 4.78 is 13.9. The summed E-state index contributed by atoms with van der Waals surface area (Å²) in [5.74, 6) is 0. The van der Waals surface area contributed by atoms with Crippen molar-refractivity contribution in [1.82, 2.24) is 27.4 Å². The molecule has 10 nitrogen and oxygen atoms in total. The molecular formula is C127H86B2Cl2N6O4. The Morgan fingerprint density at radius 1 is 0.177 bits per heavy atom. The molecule has 1 aliphatic carbocycles. The molecule has 668 valence electrons. The average molecular weight is 1850 g/mol. The molecule has 28 aromatic rings. The van der Waals surface area contributed by atoms with Gasteiger partial charge < -0.3 is 47.5 Å². The Morgan fingerprint density at radius 2 is 0.468 bits per heavy atom. The van der Waals surface area contributed by atoms with Crippen LogP contribution in [0.2, 0.25) is 10.0 Å². The summed E-state index contributed by atoms with van der Waals surface area (Å²) in [6.45, 7) is 0. The summed E-state index contributed by atoms with van der Waals surface area (Å²) in [4.78, 5) is 0. The number of hydrogen-bond acceptors (Lipinski definition) is 4. The molecule has 0 aliphatic heterocycles. The van der Waals surface area contributed by atoms with Crippen molar-refractivity contribution < 1.29 is 20.1 Å². The third-order valence-corrected chi connectivity index (χ3v) is 28.5. The van der Waals surface area contributed by atoms with E-state index in [4.69, 9.17) is 23.2 Å². The normalized spacial score (nSPS) is 11.7. The Balaban J connectivity index is 0.0000000984. The van der Waals surface area contributed by atoms with Gasteiger partial charge in [-0.3, -0.25) is 0 Å². The molecule has 29 rings (SSSR count). The summed E-state index contributed by atoms with van der Waals surface area (Å²) in [6, 6.07) is 169. The molecule has 141 heavy (non-hydrogen) atoms. The minimum Gasteiger partial charge on any atom is -0.423 e. The maximum Gasteiger partial charge on any atom is 0.488 e. The van der Waals surface area contributed by atoms with Gasteiger partial charge in [0.1, 0.15) is 0 Å². The van der Waals surface area contributed by atoms with Crippen molar-refractivity contribution >= 4 is 212 Å². The minimum atomic E-state index is -1.46. The number of halogens is 2. The number of benzene rings is 22. The number of para-hydroxylation sites is 8. The highest BCUT2D eigenvalue weighted by molar-refractivity contribution is 6.59. The molecule has 0 spiro atoms. The van der Waals surface area contributed by atoms with Crippen LogP contribution in [0.4, 0.5) is 0 Å². The fourth-order valence-electron chi connectivity index (χ4n) is 21.9. The molecule has 0 unspecified atom stereocenters. The van der Waals surface area contributed by atoms with Crippen molar-refractivity contribution in [3.05, 3.63) is 506 Å². The first-order valence-corrected chi connectivity index (χ1v) is 48.2. The molecule has 6 heterocycles. The van der Waals surface area contributed by atoms with E-state index in [0.29, 0.717) is 10.9 Å². The lowest BCUT2D eigenvalue weighted by Crippen LogP contribution is -2.29. The molecule has 14 heteroatoms. The van der Waals surface area contributed by atoms with Crippen molar-refractivity contribution in [1.29, 1.82) is 0 Å². The summed E-state index contributed by atoms with van der Waals surface area (Å²) in [6.07, 6.45) is 1.10. The van der Waals surface area contributed by atoms with Crippen molar-refractivity contribution in [3.8, 4) is 56.4 Å². The monoisotopic (exact) mass is 1850 g/mol. The zero-order valence-electron chi connectivity index (χ0n) is 76.3. The Morgan fingerprint density at radius 3 is 0.957 bits per heavy atom. The number of aromatic nitrogens is 6. The van der Waals surface area contributed by atoms with E-state index in [1.807, 2.05) is 91.0 Å². The minimum absolute atomic E-state index is 0.486. The van der Waals surface area contributed by atoms with E-state index in [1.54, 1.807) is 18.2 Å². The average Bonchev–Trinajstić information content (AvgIpc) is 1.54. The first-order valence-electron chi connectivity index (χ1n) is 47.5. The lowest BCUT2D eigenvalue weighted by atomic mass is 9.80. The molecule has 22 aromatic carbocycles. The number of rotatable bonds is 9. The van der Waals surface area contributed by atoms with Crippen molar-refractivity contribution in [2.75, 3.05) is 0 Å². The van der Waals surface area contributed by atoms with Crippen LogP contribution in [-0.2, 0) is 6.42 Å². The van der Waals surface area contributed by atoms with Crippen LogP contribution in [0.25, 0.3) is 220 Å². The standard InChI is InChI=1S/C42H25ClN2.C36H23ClN2.2C18H14BNO2.C13H10/c43-26-18-20-34-35-22-23-39-41(36-16-8-9-17-38(36)44(39)27-10-2-1-3-11-27)42(35)45(40(34)24-26)28-19-21-33-31-14-5-4-12-29(31)30-13-6-7-15-32(30)37(33)25-28;37-26-17-20-31-34(23-26)38(28-18-15-25(16-19-28)24-9-3-1-4-10-24)33-22-21-30-29-13-7-8-14-32(29)39(36(30)35(31)33)27-11-5-2-6-12-27;21-19(22)13-6-5-7-14(12-13)20-17-10-3-1-8-15(17)16-9-2-4-11-18(16)20;21-19(22)13-9-11-14(12-10-13)20-17-7-3-1-5-15(17)16-6-2-4-8-18(16)20;1-3-7-12-10(5-1)9-11-6-2-4-8-13(11)12/h1-25H;1-23H;2*1-12,21-22H;1-8H,9H2. The third kappa shape index (κ3) is 14.9. The van der Waals surface area contributed by atoms with Crippen LogP contribution < -0.4 is 10.9 Å². The van der Waals surface area contributed by atoms with Gasteiger partial charge in [-0.1, -0.05) is 363 Å². The van der Waals surface area contributed by atoms with Crippen LogP contribution in [0.3, 0.4) is 0 Å². The molecule has 0 radical (unpaired) electrons. The lowest BCUT2D eigenvalue weighted by molar-refractivity contribution is 0.424. The van der Waals surface area contributed by atoms with Crippen LogP contribution in [0.5, 0.6) is 0 Å². The number of nitrogens with zero attached hydrogens (tertiary/aromatic N) is 6. The van der Waals surface area contributed by atoms with Crippen molar-refractivity contribution in [2.24, 2.45) is 0 Å². The van der Waals surface area contributed by atoms with E-state index in [-0.39, 0.29) is 0 Å². The van der Waals surface area contributed by atoms with E-state index in [1.165, 1.54) is 158 Å². The van der Waals surface area contributed by atoms with E-state index in [0.717, 1.165) is 89.2 Å². The zero-order valence-corrected chi connectivity index (χ0v) is 77.8. The Kier molecular flexibility index (Phi) is 21.8. The highest BCUT2D eigenvalue weighted by Crippen LogP contribution is 2.48. The topological polar surface area (TPSA) is 111 Å². The fourth-order valence-corrected chi connectivity index (χ4v) is 22.2. The molecule has 0 fully saturated rings. The summed E-state index contributed by atoms with van der Waals surface area (Å²) >= 11 is 13.3. The van der Waals surface area contributed by atoms with Gasteiger partial charge in [-0.25, -0.2) is 0 Å². The first kappa shape index (κ1) is 85.6. The maximum absolute atomic E-state index is 9.42. The van der Waals surface area contributed by atoms with Crippen LogP contribution >= 0.6 is 23.2 Å². The molecule has 0 atom stereocenters. The van der Waals surface area contributed by atoms with Crippen LogP contribution in [-0.4, -0.2) is 61.7 Å². The van der Waals surface area contributed by atoms with Crippen molar-refractivity contribution in [3.63, 3.8) is 0 Å². The highest BCUT2D eigenvalue weighted by Gasteiger charge is 2.27. The van der Waals surface area contributed by atoms with Gasteiger partial charge in [0.05, 0.1) is 66.2 Å². The maximum atomic E-state index is 9.42. The number of hydrogen-bond donors (Lipinski definition) is 4. The Bertz CT molecular complexity index is 9590. The van der Waals surface area contributed by atoms with Gasteiger partial charge in [0, 0.05) is 109 Å². The van der Waals surface area contributed by atoms with E-state index >= 15 is 0 Å². The van der Waals surface area contributed by atoms with Crippen LogP contribution in [0.15, 0.2) is 485 Å². The highest BCUT2D eigenvalue weighted by atomic mass is 35.5. The largest absolute Gasteiger partial charge is 0.488 e. The predicted octanol–water partition coefficient (Wildman–Crippen LogP) is 30.4. The van der Waals surface area contributed by atoms with E-state index < -0.39 is 14.2 Å². The molecule has 0 saturated carbocycles. The number of fused-ring (bicyclic) bond motifs is 29. The Hall–Kier alpha value is -17.0. The summed E-state index contributed by atoms with van der Waals surface area (Å²) in [5, 5.41) is 61.0. The Labute approximate surface area is 822 Å². The van der Waals surface area contributed by atoms with E-state index in [9.17, 15) is 20.1 Å². The summed E-state index contributed by atoms with van der Waals surface area (Å²) in [5.41, 5.74) is 29.4. The zero-order chi connectivity index (χ0) is 94.5. The molecule has 0 amide bonds. The molecule has 6 aromatic heterocycles. The smallest absolute Gasteiger partial charge is 0.423 e. The van der Waals surface area contributed by atoms with Crippen LogP contribution in [0, 0.1) is 0 Å². The second-order valence-electron chi connectivity index (χ2n) is 36.0. The van der Waals surface area contributed by atoms with Crippen molar-refractivity contribution in [2.45, 2.75) is 6.42 Å².